The van der Waals surface area contributed by atoms with Crippen molar-refractivity contribution in [2.45, 2.75) is 45.2 Å². The molecule has 116 valence electrons. The van der Waals surface area contributed by atoms with E-state index < -0.39 is 0 Å². The predicted octanol–water partition coefficient (Wildman–Crippen LogP) is 3.05. The van der Waals surface area contributed by atoms with Gasteiger partial charge in [0.15, 0.2) is 0 Å². The summed E-state index contributed by atoms with van der Waals surface area (Å²) in [6.07, 6.45) is 5.46. The first-order valence-electron chi connectivity index (χ1n) is 8.51. The van der Waals surface area contributed by atoms with Crippen LogP contribution >= 0.6 is 0 Å². The molecule has 3 rings (SSSR count). The summed E-state index contributed by atoms with van der Waals surface area (Å²) in [5.74, 6) is 1.87. The zero-order valence-corrected chi connectivity index (χ0v) is 13.2. The third-order valence-corrected chi connectivity index (χ3v) is 4.63. The van der Waals surface area contributed by atoms with Gasteiger partial charge in [0.25, 0.3) is 0 Å². The quantitative estimate of drug-likeness (QED) is 0.834. The molecule has 1 aliphatic heterocycles. The Morgan fingerprint density at radius 3 is 2.43 bits per heavy atom. The molecule has 1 saturated carbocycles. The molecule has 21 heavy (non-hydrogen) atoms. The highest BCUT2D eigenvalue weighted by atomic mass is 16.5. The summed E-state index contributed by atoms with van der Waals surface area (Å²) in [5.41, 5.74) is 1.42. The Balaban J connectivity index is 1.56. The number of piperidine rings is 1. The first-order chi connectivity index (χ1) is 10.3. The Morgan fingerprint density at radius 1 is 1.10 bits per heavy atom. The molecule has 1 aromatic rings. The summed E-state index contributed by atoms with van der Waals surface area (Å²) < 4.78 is 5.53. The van der Waals surface area contributed by atoms with Crippen LogP contribution in [0.15, 0.2) is 24.3 Å². The Bertz CT molecular complexity index is 421. The van der Waals surface area contributed by atoms with Crippen LogP contribution in [-0.4, -0.2) is 37.2 Å². The average Bonchev–Trinajstić information content (AvgIpc) is 3.35. The normalized spacial score (nSPS) is 19.9. The Morgan fingerprint density at radius 2 is 1.81 bits per heavy atom. The van der Waals surface area contributed by atoms with E-state index in [9.17, 15) is 0 Å². The van der Waals surface area contributed by atoms with Crippen LogP contribution < -0.4 is 10.1 Å². The second kappa shape index (κ2) is 7.28. The number of hydrogen-bond acceptors (Lipinski definition) is 3. The highest BCUT2D eigenvalue weighted by Gasteiger charge is 2.30. The maximum absolute atomic E-state index is 5.53. The van der Waals surface area contributed by atoms with Gasteiger partial charge in [-0.15, -0.1) is 0 Å². The second-order valence-corrected chi connectivity index (χ2v) is 6.43. The fourth-order valence-electron chi connectivity index (χ4n) is 3.27. The van der Waals surface area contributed by atoms with E-state index in [-0.39, 0.29) is 0 Å². The molecule has 1 aromatic carbocycles. The van der Waals surface area contributed by atoms with Gasteiger partial charge < -0.3 is 10.1 Å². The molecule has 2 aliphatic rings. The van der Waals surface area contributed by atoms with E-state index in [2.05, 4.69) is 34.5 Å². The van der Waals surface area contributed by atoms with E-state index in [0.29, 0.717) is 0 Å². The molecule has 0 amide bonds. The van der Waals surface area contributed by atoms with Crippen molar-refractivity contribution in [3.63, 3.8) is 0 Å². The molecule has 0 spiro atoms. The van der Waals surface area contributed by atoms with E-state index in [4.69, 9.17) is 4.74 Å². The van der Waals surface area contributed by atoms with Gasteiger partial charge in [-0.05, 0) is 69.3 Å². The minimum absolute atomic E-state index is 0.739. The van der Waals surface area contributed by atoms with E-state index >= 15 is 0 Å². The van der Waals surface area contributed by atoms with Gasteiger partial charge in [-0.25, -0.2) is 0 Å². The molecular formula is C18H28N2O. The topological polar surface area (TPSA) is 24.5 Å². The zero-order valence-electron chi connectivity index (χ0n) is 13.2. The smallest absolute Gasteiger partial charge is 0.119 e. The predicted molar refractivity (Wildman–Crippen MR) is 86.6 cm³/mol. The van der Waals surface area contributed by atoms with Crippen molar-refractivity contribution in [3.05, 3.63) is 29.8 Å². The largest absolute Gasteiger partial charge is 0.494 e. The summed E-state index contributed by atoms with van der Waals surface area (Å²) in [7, 11) is 0. The summed E-state index contributed by atoms with van der Waals surface area (Å²) >= 11 is 0. The van der Waals surface area contributed by atoms with Crippen molar-refractivity contribution in [3.8, 4) is 5.75 Å². The van der Waals surface area contributed by atoms with Crippen molar-refractivity contribution < 1.29 is 4.74 Å². The fraction of sp³-hybridized carbons (Fsp3) is 0.667. The molecule has 3 heteroatoms. The van der Waals surface area contributed by atoms with Crippen LogP contribution in [0.4, 0.5) is 0 Å². The Labute approximate surface area is 128 Å². The lowest BCUT2D eigenvalue weighted by Crippen LogP contribution is -2.37. The van der Waals surface area contributed by atoms with Crippen LogP contribution in [-0.2, 0) is 6.54 Å². The molecule has 0 radical (unpaired) electrons. The number of nitrogens with zero attached hydrogens (tertiary/aromatic N) is 1. The first-order valence-corrected chi connectivity index (χ1v) is 8.51. The number of nitrogens with one attached hydrogen (secondary N) is 1. The van der Waals surface area contributed by atoms with E-state index in [1.54, 1.807) is 0 Å². The van der Waals surface area contributed by atoms with Gasteiger partial charge in [-0.3, -0.25) is 4.90 Å². The molecular weight excluding hydrogens is 260 g/mol. The highest BCUT2D eigenvalue weighted by molar-refractivity contribution is 5.27. The Hall–Kier alpha value is -1.06. The van der Waals surface area contributed by atoms with Gasteiger partial charge in [0.05, 0.1) is 6.61 Å². The standard InChI is InChI=1S/C18H28N2O/c1-2-21-18-7-3-15(4-8-18)13-20(17-5-6-17)14-16-9-11-19-12-10-16/h3-4,7-8,16-17,19H,2,5-6,9-14H2,1H3. The van der Waals surface area contributed by atoms with Crippen molar-refractivity contribution >= 4 is 0 Å². The SMILES string of the molecule is CCOc1ccc(CN(CC2CCNCC2)C2CC2)cc1. The van der Waals surface area contributed by atoms with Gasteiger partial charge >= 0.3 is 0 Å². The van der Waals surface area contributed by atoms with Crippen LogP contribution in [0.25, 0.3) is 0 Å². The number of ether oxygens (including phenoxy) is 1. The Kier molecular flexibility index (Phi) is 5.15. The number of benzene rings is 1. The van der Waals surface area contributed by atoms with Crippen molar-refractivity contribution in [2.24, 2.45) is 5.92 Å². The monoisotopic (exact) mass is 288 g/mol. The van der Waals surface area contributed by atoms with Crippen LogP contribution in [0.5, 0.6) is 5.75 Å². The van der Waals surface area contributed by atoms with Crippen molar-refractivity contribution in [1.29, 1.82) is 0 Å². The van der Waals surface area contributed by atoms with Crippen LogP contribution in [0.2, 0.25) is 0 Å². The van der Waals surface area contributed by atoms with E-state index in [1.165, 1.54) is 50.9 Å². The third kappa shape index (κ3) is 4.45. The lowest BCUT2D eigenvalue weighted by molar-refractivity contribution is 0.190. The molecule has 3 nitrogen and oxygen atoms in total. The molecule has 0 unspecified atom stereocenters. The van der Waals surface area contributed by atoms with Gasteiger partial charge in [-0.2, -0.15) is 0 Å². The lowest BCUT2D eigenvalue weighted by Gasteiger charge is -2.30. The van der Waals surface area contributed by atoms with Crippen molar-refractivity contribution in [1.82, 2.24) is 10.2 Å². The zero-order chi connectivity index (χ0) is 14.5. The van der Waals surface area contributed by atoms with Gasteiger partial charge in [0.1, 0.15) is 5.75 Å². The summed E-state index contributed by atoms with van der Waals surface area (Å²) in [6, 6.07) is 9.50. The maximum atomic E-state index is 5.53. The molecule has 0 atom stereocenters. The fourth-order valence-corrected chi connectivity index (χ4v) is 3.27. The van der Waals surface area contributed by atoms with Crippen molar-refractivity contribution in [2.75, 3.05) is 26.2 Å². The molecule has 1 N–H and O–H groups in total. The number of rotatable bonds is 7. The molecule has 1 aliphatic carbocycles. The van der Waals surface area contributed by atoms with Crippen LogP contribution in [0.1, 0.15) is 38.2 Å². The molecule has 1 heterocycles. The molecule has 0 aromatic heterocycles. The van der Waals surface area contributed by atoms with Gasteiger partial charge in [0, 0.05) is 19.1 Å². The lowest BCUT2D eigenvalue weighted by atomic mass is 9.97. The molecule has 0 bridgehead atoms. The maximum Gasteiger partial charge on any atom is 0.119 e. The van der Waals surface area contributed by atoms with Crippen LogP contribution in [0.3, 0.4) is 0 Å². The second-order valence-electron chi connectivity index (χ2n) is 6.43. The van der Waals surface area contributed by atoms with E-state index in [0.717, 1.165) is 30.9 Å². The highest BCUT2D eigenvalue weighted by Crippen LogP contribution is 2.30. The minimum Gasteiger partial charge on any atom is -0.494 e. The summed E-state index contributed by atoms with van der Waals surface area (Å²) in [6.45, 7) is 7.55. The van der Waals surface area contributed by atoms with E-state index in [1.807, 2.05) is 6.92 Å². The number of hydrogen-bond donors (Lipinski definition) is 1. The first kappa shape index (κ1) is 14.9. The minimum atomic E-state index is 0.739. The summed E-state index contributed by atoms with van der Waals surface area (Å²) in [4.78, 5) is 2.71. The van der Waals surface area contributed by atoms with Crippen LogP contribution in [0, 0.1) is 5.92 Å². The van der Waals surface area contributed by atoms with Gasteiger partial charge in [0.2, 0.25) is 0 Å². The summed E-state index contributed by atoms with van der Waals surface area (Å²) in [5, 5.41) is 3.47. The molecule has 2 fully saturated rings. The van der Waals surface area contributed by atoms with Gasteiger partial charge in [-0.1, -0.05) is 12.1 Å². The third-order valence-electron chi connectivity index (χ3n) is 4.63. The average molecular weight is 288 g/mol. The molecule has 1 saturated heterocycles.